The zero-order valence-corrected chi connectivity index (χ0v) is 18.2. The molecule has 166 valence electrons. The summed E-state index contributed by atoms with van der Waals surface area (Å²) in [6.45, 7) is 2.60. The summed E-state index contributed by atoms with van der Waals surface area (Å²) in [6, 6.07) is 7.68. The van der Waals surface area contributed by atoms with Crippen molar-refractivity contribution in [1.29, 1.82) is 0 Å². The van der Waals surface area contributed by atoms with E-state index >= 15 is 0 Å². The molecule has 0 heterocycles. The van der Waals surface area contributed by atoms with Crippen molar-refractivity contribution in [3.63, 3.8) is 0 Å². The van der Waals surface area contributed by atoms with E-state index in [1.807, 2.05) is 0 Å². The molecule has 0 fully saturated rings. The summed E-state index contributed by atoms with van der Waals surface area (Å²) in [5.74, 6) is 0.527. The number of benzene rings is 2. The maximum Gasteiger partial charge on any atom is 1.00 e. The minimum atomic E-state index is -5.08. The van der Waals surface area contributed by atoms with Crippen molar-refractivity contribution in [1.82, 2.24) is 0 Å². The number of halogens is 6. The number of unbranched alkanes of at least 4 members (excludes halogenated alkanes) is 3. The van der Waals surface area contributed by atoms with Crippen LogP contribution in [0.2, 0.25) is 0 Å². The van der Waals surface area contributed by atoms with Crippen LogP contribution in [0.5, 0.6) is 5.75 Å². The summed E-state index contributed by atoms with van der Waals surface area (Å²) in [7, 11) is -0.889. The summed E-state index contributed by atoms with van der Waals surface area (Å²) < 4.78 is 84.9. The molecule has 2 aromatic carbocycles. The molecule has 31 heavy (non-hydrogen) atoms. The molecule has 0 saturated heterocycles. The minimum Gasteiger partial charge on any atom is -1.00 e. The molecule has 1 atom stereocenters. The molecule has 2 rings (SSSR count). The van der Waals surface area contributed by atoms with Crippen LogP contribution in [-0.4, -0.2) is 12.1 Å². The first-order chi connectivity index (χ1) is 14.0. The van der Waals surface area contributed by atoms with Gasteiger partial charge in [-0.05, 0) is 44.6 Å². The Kier molecular flexibility index (Phi) is 10.6. The van der Waals surface area contributed by atoms with Crippen LogP contribution in [0.25, 0.3) is 0 Å². The molecule has 0 radical (unpaired) electrons. The average molecular weight is 458 g/mol. The van der Waals surface area contributed by atoms with Crippen LogP contribution in [0.3, 0.4) is 0 Å². The fourth-order valence-electron chi connectivity index (χ4n) is 2.82. The zero-order chi connectivity index (χ0) is 22.4. The smallest absolute Gasteiger partial charge is 1.00 e. The van der Waals surface area contributed by atoms with Crippen molar-refractivity contribution >= 4 is 19.4 Å². The van der Waals surface area contributed by atoms with E-state index in [1.165, 1.54) is 12.1 Å². The third-order valence-corrected chi connectivity index (χ3v) is 5.38. The van der Waals surface area contributed by atoms with Gasteiger partial charge in [0.05, 0.1) is 17.7 Å². The first-order valence-corrected chi connectivity index (χ1v) is 10.4. The van der Waals surface area contributed by atoms with Gasteiger partial charge in [-0.15, -0.1) is 0 Å². The summed E-state index contributed by atoms with van der Waals surface area (Å²) in [5.41, 5.74) is -5.72. The van der Waals surface area contributed by atoms with Crippen LogP contribution in [-0.2, 0) is 12.4 Å². The average Bonchev–Trinajstić information content (AvgIpc) is 2.67. The molecule has 0 N–H and O–H groups in total. The molecule has 10 heteroatoms. The first-order valence-electron chi connectivity index (χ1n) is 9.35. The number of carbonyl (C=O) groups is 1. The van der Waals surface area contributed by atoms with Crippen LogP contribution in [0.1, 0.15) is 55.5 Å². The summed E-state index contributed by atoms with van der Waals surface area (Å²) >= 11 is 0. The van der Waals surface area contributed by atoms with Crippen molar-refractivity contribution < 1.29 is 56.2 Å². The number of hydrogen-bond acceptors (Lipinski definition) is 2. The van der Waals surface area contributed by atoms with Gasteiger partial charge in [0.2, 0.25) is 0 Å². The molecular weight excluding hydrogens is 436 g/mol. The maximum absolute atomic E-state index is 13.2. The monoisotopic (exact) mass is 458 g/mol. The van der Waals surface area contributed by atoms with Gasteiger partial charge in [0.15, 0.2) is 5.52 Å². The van der Waals surface area contributed by atoms with Crippen LogP contribution >= 0.6 is 8.58 Å². The molecule has 0 aliphatic rings. The van der Waals surface area contributed by atoms with Crippen molar-refractivity contribution in [3.05, 3.63) is 59.2 Å². The maximum atomic E-state index is 13.2. The van der Waals surface area contributed by atoms with E-state index in [0.29, 0.717) is 35.9 Å². The number of alkyl halides is 6. The number of ether oxygens (including phenoxy) is 1. The van der Waals surface area contributed by atoms with Gasteiger partial charge in [0.1, 0.15) is 5.75 Å². The summed E-state index contributed by atoms with van der Waals surface area (Å²) in [4.78, 5) is 12.5. The number of rotatable bonds is 9. The van der Waals surface area contributed by atoms with E-state index in [-0.39, 0.29) is 20.3 Å². The van der Waals surface area contributed by atoms with Gasteiger partial charge in [-0.1, -0.05) is 44.4 Å². The quantitative estimate of drug-likeness (QED) is 0.246. The predicted molar refractivity (Wildman–Crippen MR) is 106 cm³/mol. The molecule has 0 amide bonds. The zero-order valence-electron chi connectivity index (χ0n) is 18.2. The predicted octanol–water partition coefficient (Wildman–Crippen LogP) is 3.94. The first kappa shape index (κ1) is 27.6. The normalized spacial score (nSPS) is 12.1. The van der Waals surface area contributed by atoms with Gasteiger partial charge in [0, 0.05) is 5.56 Å². The van der Waals surface area contributed by atoms with Crippen molar-refractivity contribution in [2.75, 3.05) is 6.61 Å². The van der Waals surface area contributed by atoms with E-state index in [0.717, 1.165) is 25.7 Å². The van der Waals surface area contributed by atoms with E-state index in [4.69, 9.17) is 4.74 Å². The number of carbonyl (C=O) groups excluding carboxylic acids is 1. The fraction of sp³-hybridized carbons (Fsp3) is 0.381. The molecule has 0 saturated carbocycles. The Morgan fingerprint density at radius 3 is 1.94 bits per heavy atom. The third kappa shape index (κ3) is 8.18. The molecule has 0 aliphatic heterocycles. The third-order valence-electron chi connectivity index (χ3n) is 4.28. The molecule has 0 aliphatic carbocycles. The van der Waals surface area contributed by atoms with E-state index in [2.05, 4.69) is 6.92 Å². The molecule has 2 nitrogen and oxygen atoms in total. The Morgan fingerprint density at radius 1 is 0.903 bits per heavy atom. The Balaban J connectivity index is 0.00000480. The SMILES string of the molecule is CCCCCCOc1ccc(PC(=O)c2c(C(F)(F)F)cccc2C(F)(F)F)cc1.[H-].[Li+]. The molecule has 1 unspecified atom stereocenters. The Morgan fingerprint density at radius 2 is 1.45 bits per heavy atom. The summed E-state index contributed by atoms with van der Waals surface area (Å²) in [6.07, 6.45) is -6.05. The Bertz CT molecular complexity index is 825. The second-order valence-corrected chi connectivity index (χ2v) is 7.89. The van der Waals surface area contributed by atoms with Gasteiger partial charge in [-0.25, -0.2) is 0 Å². The van der Waals surface area contributed by atoms with Crippen LogP contribution in [0, 0.1) is 0 Å². The van der Waals surface area contributed by atoms with Gasteiger partial charge in [0.25, 0.3) is 0 Å². The molecule has 0 aromatic heterocycles. The van der Waals surface area contributed by atoms with E-state index in [9.17, 15) is 31.1 Å². The standard InChI is InChI=1S/C21H21F6O2P.Li.H/c1-2-3-4-5-13-29-14-9-11-15(12-10-14)30-19(28)18-16(20(22,23)24)7-6-8-17(18)21(25,26)27;;/h6-12,30H,2-5,13H2,1H3;;/q;+1;-1. The minimum absolute atomic E-state index is 0. The van der Waals surface area contributed by atoms with Gasteiger partial charge in [-0.2, -0.15) is 26.3 Å². The van der Waals surface area contributed by atoms with Crippen molar-refractivity contribution in [2.45, 2.75) is 45.0 Å². The topological polar surface area (TPSA) is 26.3 Å². The van der Waals surface area contributed by atoms with Crippen molar-refractivity contribution in [2.24, 2.45) is 0 Å². The van der Waals surface area contributed by atoms with Gasteiger partial charge >= 0.3 is 31.2 Å². The van der Waals surface area contributed by atoms with E-state index < -0.39 is 43.1 Å². The number of hydrogen-bond donors (Lipinski definition) is 0. The molecular formula is C21H22F6LiO2P. The van der Waals surface area contributed by atoms with Crippen LogP contribution in [0.15, 0.2) is 42.5 Å². The largest absolute Gasteiger partial charge is 1.00 e. The van der Waals surface area contributed by atoms with Crippen LogP contribution < -0.4 is 28.9 Å². The van der Waals surface area contributed by atoms with Gasteiger partial charge < -0.3 is 6.16 Å². The summed E-state index contributed by atoms with van der Waals surface area (Å²) in [5, 5.41) is 0.323. The Hall–Kier alpha value is -1.48. The molecule has 0 spiro atoms. The second-order valence-electron chi connectivity index (χ2n) is 6.61. The molecule has 2 aromatic rings. The van der Waals surface area contributed by atoms with E-state index in [1.54, 1.807) is 12.1 Å². The van der Waals surface area contributed by atoms with Crippen LogP contribution in [0.4, 0.5) is 26.3 Å². The van der Waals surface area contributed by atoms with Crippen molar-refractivity contribution in [3.8, 4) is 5.75 Å². The Labute approximate surface area is 192 Å². The second kappa shape index (κ2) is 11.9. The van der Waals surface area contributed by atoms with Gasteiger partial charge in [-0.3, -0.25) is 4.79 Å². The fourth-order valence-corrected chi connectivity index (χ4v) is 3.81. The molecule has 0 bridgehead atoms.